The molecule has 0 aliphatic rings. The van der Waals surface area contributed by atoms with Gasteiger partial charge in [0, 0.05) is 23.7 Å². The SMILES string of the molecule is COc1ccccc1CNC(=O)Cc1csc(Nc2cc(C)ccn2)n1. The van der Waals surface area contributed by atoms with Crippen LogP contribution in [0.3, 0.4) is 0 Å². The largest absolute Gasteiger partial charge is 0.496 e. The van der Waals surface area contributed by atoms with Crippen molar-refractivity contribution in [2.75, 3.05) is 12.4 Å². The highest BCUT2D eigenvalue weighted by atomic mass is 32.1. The van der Waals surface area contributed by atoms with E-state index < -0.39 is 0 Å². The lowest BCUT2D eigenvalue weighted by Crippen LogP contribution is -2.24. The van der Waals surface area contributed by atoms with E-state index in [-0.39, 0.29) is 12.3 Å². The van der Waals surface area contributed by atoms with Crippen LogP contribution in [0.15, 0.2) is 48.0 Å². The third kappa shape index (κ3) is 4.80. The number of carbonyl (C=O) groups is 1. The number of carbonyl (C=O) groups excluding carboxylic acids is 1. The molecule has 1 aromatic carbocycles. The first-order chi connectivity index (χ1) is 12.6. The van der Waals surface area contributed by atoms with Crippen LogP contribution in [0, 0.1) is 6.92 Å². The molecular formula is C19H20N4O2S. The molecule has 3 aromatic rings. The van der Waals surface area contributed by atoms with Crippen molar-refractivity contribution in [3.63, 3.8) is 0 Å². The fourth-order valence-electron chi connectivity index (χ4n) is 2.43. The molecule has 134 valence electrons. The van der Waals surface area contributed by atoms with Crippen molar-refractivity contribution in [2.45, 2.75) is 19.9 Å². The molecule has 7 heteroatoms. The number of para-hydroxylation sites is 1. The first-order valence-corrected chi connectivity index (χ1v) is 9.04. The molecule has 26 heavy (non-hydrogen) atoms. The summed E-state index contributed by atoms with van der Waals surface area (Å²) in [6, 6.07) is 11.5. The van der Waals surface area contributed by atoms with Crippen molar-refractivity contribution in [3.05, 3.63) is 64.8 Å². The van der Waals surface area contributed by atoms with Crippen LogP contribution in [0.1, 0.15) is 16.8 Å². The molecule has 2 N–H and O–H groups in total. The van der Waals surface area contributed by atoms with Crippen molar-refractivity contribution >= 4 is 28.2 Å². The number of anilines is 2. The topological polar surface area (TPSA) is 76.1 Å². The highest BCUT2D eigenvalue weighted by Gasteiger charge is 2.09. The summed E-state index contributed by atoms with van der Waals surface area (Å²) in [5.74, 6) is 1.42. The number of pyridine rings is 1. The van der Waals surface area contributed by atoms with Gasteiger partial charge in [0.15, 0.2) is 5.13 Å². The van der Waals surface area contributed by atoms with Gasteiger partial charge in [0.05, 0.1) is 19.2 Å². The molecule has 0 saturated carbocycles. The van der Waals surface area contributed by atoms with Crippen LogP contribution in [0.2, 0.25) is 0 Å². The maximum absolute atomic E-state index is 12.2. The number of aromatic nitrogens is 2. The van der Waals surface area contributed by atoms with Gasteiger partial charge in [-0.1, -0.05) is 18.2 Å². The highest BCUT2D eigenvalue weighted by Crippen LogP contribution is 2.20. The van der Waals surface area contributed by atoms with Crippen molar-refractivity contribution in [1.82, 2.24) is 15.3 Å². The first-order valence-electron chi connectivity index (χ1n) is 8.16. The van der Waals surface area contributed by atoms with Crippen LogP contribution in [0.25, 0.3) is 0 Å². The van der Waals surface area contributed by atoms with Crippen LogP contribution in [0.5, 0.6) is 5.75 Å². The zero-order valence-electron chi connectivity index (χ0n) is 14.7. The smallest absolute Gasteiger partial charge is 0.226 e. The van der Waals surface area contributed by atoms with E-state index in [9.17, 15) is 4.79 Å². The summed E-state index contributed by atoms with van der Waals surface area (Å²) in [6.45, 7) is 2.43. The first kappa shape index (κ1) is 17.9. The van der Waals surface area contributed by atoms with Crippen molar-refractivity contribution in [2.24, 2.45) is 0 Å². The van der Waals surface area contributed by atoms with Gasteiger partial charge < -0.3 is 15.4 Å². The second-order valence-electron chi connectivity index (χ2n) is 5.75. The second-order valence-corrected chi connectivity index (χ2v) is 6.61. The Morgan fingerprint density at radius 1 is 1.27 bits per heavy atom. The van der Waals surface area contributed by atoms with Gasteiger partial charge in [-0.25, -0.2) is 9.97 Å². The molecule has 6 nitrogen and oxygen atoms in total. The van der Waals surface area contributed by atoms with Crippen LogP contribution in [-0.4, -0.2) is 23.0 Å². The van der Waals surface area contributed by atoms with E-state index in [1.165, 1.54) is 11.3 Å². The summed E-state index contributed by atoms with van der Waals surface area (Å²) < 4.78 is 5.29. The van der Waals surface area contributed by atoms with E-state index in [1.807, 2.05) is 48.7 Å². The lowest BCUT2D eigenvalue weighted by atomic mass is 10.2. The standard InChI is InChI=1S/C19H20N4O2S/c1-13-7-8-20-17(9-13)23-19-22-15(12-26-19)10-18(24)21-11-14-5-3-4-6-16(14)25-2/h3-9,12H,10-11H2,1-2H3,(H,21,24)(H,20,22,23). The van der Waals surface area contributed by atoms with E-state index in [1.54, 1.807) is 13.3 Å². The molecular weight excluding hydrogens is 348 g/mol. The summed E-state index contributed by atoms with van der Waals surface area (Å²) in [4.78, 5) is 20.9. The Balaban J connectivity index is 1.54. The number of amides is 1. The van der Waals surface area contributed by atoms with Gasteiger partial charge in [-0.05, 0) is 30.7 Å². The highest BCUT2D eigenvalue weighted by molar-refractivity contribution is 7.13. The molecule has 0 atom stereocenters. The summed E-state index contributed by atoms with van der Waals surface area (Å²) in [5, 5.41) is 8.65. The Morgan fingerprint density at radius 3 is 2.92 bits per heavy atom. The van der Waals surface area contributed by atoms with E-state index in [0.717, 1.165) is 33.5 Å². The number of aryl methyl sites for hydroxylation is 1. The number of nitrogens with one attached hydrogen (secondary N) is 2. The number of ether oxygens (including phenoxy) is 1. The fraction of sp³-hybridized carbons (Fsp3) is 0.211. The van der Waals surface area contributed by atoms with Gasteiger partial charge in [-0.3, -0.25) is 4.79 Å². The number of hydrogen-bond donors (Lipinski definition) is 2. The molecule has 0 aliphatic carbocycles. The monoisotopic (exact) mass is 368 g/mol. The van der Waals surface area contributed by atoms with Gasteiger partial charge in [0.1, 0.15) is 11.6 Å². The quantitative estimate of drug-likeness (QED) is 0.668. The fourth-order valence-corrected chi connectivity index (χ4v) is 3.15. The van der Waals surface area contributed by atoms with E-state index in [4.69, 9.17) is 4.74 Å². The summed E-state index contributed by atoms with van der Waals surface area (Å²) in [6.07, 6.45) is 1.98. The predicted molar refractivity (Wildman–Crippen MR) is 103 cm³/mol. The molecule has 0 fully saturated rings. The minimum atomic E-state index is -0.0820. The predicted octanol–water partition coefficient (Wildman–Crippen LogP) is 3.46. The van der Waals surface area contributed by atoms with Gasteiger partial charge in [0.25, 0.3) is 0 Å². The average Bonchev–Trinajstić information content (AvgIpc) is 3.07. The van der Waals surface area contributed by atoms with Crippen molar-refractivity contribution in [1.29, 1.82) is 0 Å². The average molecular weight is 368 g/mol. The molecule has 0 radical (unpaired) electrons. The molecule has 0 bridgehead atoms. The van der Waals surface area contributed by atoms with Gasteiger partial charge in [-0.2, -0.15) is 0 Å². The summed E-state index contributed by atoms with van der Waals surface area (Å²) in [5.41, 5.74) is 2.78. The normalized spacial score (nSPS) is 10.4. The lowest BCUT2D eigenvalue weighted by molar-refractivity contribution is -0.120. The molecule has 0 saturated heterocycles. The van der Waals surface area contributed by atoms with Crippen LogP contribution >= 0.6 is 11.3 Å². The van der Waals surface area contributed by atoms with Crippen LogP contribution in [0.4, 0.5) is 10.9 Å². The van der Waals surface area contributed by atoms with Gasteiger partial charge in [-0.15, -0.1) is 11.3 Å². The number of methoxy groups -OCH3 is 1. The van der Waals surface area contributed by atoms with E-state index in [2.05, 4.69) is 20.6 Å². The Bertz CT molecular complexity index is 895. The zero-order valence-corrected chi connectivity index (χ0v) is 15.5. The Morgan fingerprint density at radius 2 is 2.12 bits per heavy atom. The third-order valence-corrected chi connectivity index (χ3v) is 4.52. The van der Waals surface area contributed by atoms with E-state index in [0.29, 0.717) is 6.54 Å². The number of nitrogens with zero attached hydrogens (tertiary/aromatic N) is 2. The van der Waals surface area contributed by atoms with Gasteiger partial charge >= 0.3 is 0 Å². The number of hydrogen-bond acceptors (Lipinski definition) is 6. The molecule has 0 unspecified atom stereocenters. The second kappa shape index (κ2) is 8.44. The summed E-state index contributed by atoms with van der Waals surface area (Å²) in [7, 11) is 1.62. The number of thiazole rings is 1. The minimum Gasteiger partial charge on any atom is -0.496 e. The van der Waals surface area contributed by atoms with E-state index >= 15 is 0 Å². The molecule has 0 spiro atoms. The number of benzene rings is 1. The maximum atomic E-state index is 12.2. The van der Waals surface area contributed by atoms with Gasteiger partial charge in [0.2, 0.25) is 5.91 Å². The van der Waals surface area contributed by atoms with Crippen LogP contribution in [-0.2, 0) is 17.8 Å². The zero-order chi connectivity index (χ0) is 18.4. The Labute approximate surface area is 156 Å². The van der Waals surface area contributed by atoms with Crippen LogP contribution < -0.4 is 15.4 Å². The Hall–Kier alpha value is -2.93. The molecule has 3 rings (SSSR count). The maximum Gasteiger partial charge on any atom is 0.226 e. The van der Waals surface area contributed by atoms with Crippen molar-refractivity contribution < 1.29 is 9.53 Å². The number of rotatable bonds is 7. The molecule has 2 aromatic heterocycles. The molecule has 2 heterocycles. The third-order valence-electron chi connectivity index (χ3n) is 3.71. The molecule has 1 amide bonds. The Kier molecular flexibility index (Phi) is 5.80. The lowest BCUT2D eigenvalue weighted by Gasteiger charge is -2.09. The molecule has 0 aliphatic heterocycles. The van der Waals surface area contributed by atoms with Crippen molar-refractivity contribution in [3.8, 4) is 5.75 Å². The minimum absolute atomic E-state index is 0.0820. The summed E-state index contributed by atoms with van der Waals surface area (Å²) >= 11 is 1.45.